The van der Waals surface area contributed by atoms with Gasteiger partial charge in [-0.15, -0.1) is 0 Å². The Kier molecular flexibility index (Phi) is 4.68. The Morgan fingerprint density at radius 3 is 2.33 bits per heavy atom. The van der Waals surface area contributed by atoms with E-state index < -0.39 is 24.9 Å². The van der Waals surface area contributed by atoms with Crippen LogP contribution < -0.4 is 11.5 Å². The zero-order valence-electron chi connectivity index (χ0n) is 6.84. The topological polar surface area (TPSA) is 72.3 Å². The van der Waals surface area contributed by atoms with Crippen molar-refractivity contribution in [2.24, 2.45) is 11.5 Å². The summed E-state index contributed by atoms with van der Waals surface area (Å²) in [6.45, 7) is -0.347. The Morgan fingerprint density at radius 1 is 1.50 bits per heavy atom. The van der Waals surface area contributed by atoms with Crippen molar-refractivity contribution < 1.29 is 13.6 Å². The Balaban J connectivity index is 3.68. The van der Waals surface area contributed by atoms with E-state index in [0.717, 1.165) is 0 Å². The van der Waals surface area contributed by atoms with Gasteiger partial charge in [-0.3, -0.25) is 9.69 Å². The van der Waals surface area contributed by atoms with E-state index in [1.807, 2.05) is 0 Å². The third kappa shape index (κ3) is 4.97. The van der Waals surface area contributed by atoms with Crippen molar-refractivity contribution in [1.29, 1.82) is 0 Å². The number of carbonyl (C=O) groups excluding carboxylic acids is 1. The summed E-state index contributed by atoms with van der Waals surface area (Å²) in [7, 11) is 1.45. The fourth-order valence-corrected chi connectivity index (χ4v) is 0.736. The molecule has 0 aliphatic heterocycles. The maximum Gasteiger partial charge on any atom is 0.251 e. The van der Waals surface area contributed by atoms with Gasteiger partial charge >= 0.3 is 0 Å². The molecule has 4 nitrogen and oxygen atoms in total. The summed E-state index contributed by atoms with van der Waals surface area (Å²) < 4.78 is 23.5. The molecule has 1 unspecified atom stereocenters. The molecule has 0 saturated carbocycles. The molecule has 1 atom stereocenters. The van der Waals surface area contributed by atoms with Gasteiger partial charge in [0.05, 0.1) is 12.6 Å². The minimum absolute atomic E-state index is 0.0552. The van der Waals surface area contributed by atoms with Gasteiger partial charge in [-0.05, 0) is 7.05 Å². The van der Waals surface area contributed by atoms with Crippen LogP contribution in [0.2, 0.25) is 0 Å². The average molecular weight is 181 g/mol. The SMILES string of the molecule is CN(CC(F)F)CC(N)C(N)=O. The van der Waals surface area contributed by atoms with Crippen molar-refractivity contribution in [3.05, 3.63) is 0 Å². The summed E-state index contributed by atoms with van der Waals surface area (Å²) in [4.78, 5) is 11.7. The molecule has 0 aliphatic carbocycles. The first-order valence-corrected chi connectivity index (χ1v) is 3.45. The van der Waals surface area contributed by atoms with Gasteiger partial charge in [-0.2, -0.15) is 0 Å². The summed E-state index contributed by atoms with van der Waals surface area (Å²) >= 11 is 0. The highest BCUT2D eigenvalue weighted by Crippen LogP contribution is 1.95. The van der Waals surface area contributed by atoms with Crippen LogP contribution in [0.15, 0.2) is 0 Å². The number of amides is 1. The van der Waals surface area contributed by atoms with E-state index in [1.165, 1.54) is 11.9 Å². The third-order valence-electron chi connectivity index (χ3n) is 1.32. The van der Waals surface area contributed by atoms with Crippen LogP contribution in [0.1, 0.15) is 0 Å². The standard InChI is InChI=1S/C6H13F2N3O/c1-11(3-5(7)8)2-4(9)6(10)12/h4-5H,2-3,9H2,1H3,(H2,10,12). The smallest absolute Gasteiger partial charge is 0.251 e. The first kappa shape index (κ1) is 11.2. The molecule has 0 aromatic heterocycles. The Bertz CT molecular complexity index is 154. The maximum atomic E-state index is 11.7. The van der Waals surface area contributed by atoms with Crippen molar-refractivity contribution in [3.8, 4) is 0 Å². The van der Waals surface area contributed by atoms with Crippen LogP contribution in [-0.4, -0.2) is 43.4 Å². The predicted octanol–water partition coefficient (Wildman–Crippen LogP) is -1.00. The molecule has 0 fully saturated rings. The maximum absolute atomic E-state index is 11.7. The molecule has 72 valence electrons. The molecular weight excluding hydrogens is 168 g/mol. The molecule has 4 N–H and O–H groups in total. The van der Waals surface area contributed by atoms with Gasteiger partial charge in [-0.1, -0.05) is 0 Å². The number of rotatable bonds is 5. The highest BCUT2D eigenvalue weighted by molar-refractivity contribution is 5.79. The normalized spacial score (nSPS) is 13.8. The van der Waals surface area contributed by atoms with Gasteiger partial charge < -0.3 is 11.5 Å². The largest absolute Gasteiger partial charge is 0.368 e. The lowest BCUT2D eigenvalue weighted by molar-refractivity contribution is -0.119. The van der Waals surface area contributed by atoms with Crippen molar-refractivity contribution >= 4 is 5.91 Å². The highest BCUT2D eigenvalue weighted by atomic mass is 19.3. The monoisotopic (exact) mass is 181 g/mol. The lowest BCUT2D eigenvalue weighted by Crippen LogP contribution is -2.45. The molecule has 6 heteroatoms. The second kappa shape index (κ2) is 5.00. The highest BCUT2D eigenvalue weighted by Gasteiger charge is 2.14. The van der Waals surface area contributed by atoms with Crippen LogP contribution in [0.25, 0.3) is 0 Å². The van der Waals surface area contributed by atoms with Crippen molar-refractivity contribution in [3.63, 3.8) is 0 Å². The number of hydrogen-bond donors (Lipinski definition) is 2. The zero-order valence-corrected chi connectivity index (χ0v) is 6.84. The van der Waals surface area contributed by atoms with Crippen molar-refractivity contribution in [2.45, 2.75) is 12.5 Å². The molecule has 0 saturated heterocycles. The molecule has 0 heterocycles. The summed E-state index contributed by atoms with van der Waals surface area (Å²) in [6, 6.07) is -0.881. The molecule has 0 spiro atoms. The summed E-state index contributed by atoms with van der Waals surface area (Å²) in [6.07, 6.45) is -2.42. The van der Waals surface area contributed by atoms with Crippen LogP contribution >= 0.6 is 0 Å². The molecule has 0 aromatic carbocycles. The van der Waals surface area contributed by atoms with E-state index in [2.05, 4.69) is 0 Å². The third-order valence-corrected chi connectivity index (χ3v) is 1.32. The quantitative estimate of drug-likeness (QED) is 0.571. The number of likely N-dealkylation sites (N-methyl/N-ethyl adjacent to an activating group) is 1. The molecule has 12 heavy (non-hydrogen) atoms. The van der Waals surface area contributed by atoms with Gasteiger partial charge in [0.15, 0.2) is 0 Å². The lowest BCUT2D eigenvalue weighted by Gasteiger charge is -2.18. The van der Waals surface area contributed by atoms with E-state index in [1.54, 1.807) is 0 Å². The first-order valence-electron chi connectivity index (χ1n) is 3.45. The molecular formula is C6H13F2N3O. The minimum atomic E-state index is -2.42. The van der Waals surface area contributed by atoms with Crippen LogP contribution in [0, 0.1) is 0 Å². The number of nitrogens with zero attached hydrogens (tertiary/aromatic N) is 1. The fourth-order valence-electron chi connectivity index (χ4n) is 0.736. The van der Waals surface area contributed by atoms with Crippen LogP contribution in [0.4, 0.5) is 8.78 Å². The number of halogens is 2. The molecule has 0 aliphatic rings. The molecule has 0 radical (unpaired) electrons. The van der Waals surface area contributed by atoms with Gasteiger partial charge in [0.25, 0.3) is 6.43 Å². The minimum Gasteiger partial charge on any atom is -0.368 e. The molecule has 1 amide bonds. The number of carbonyl (C=O) groups is 1. The van der Waals surface area contributed by atoms with E-state index in [4.69, 9.17) is 11.5 Å². The first-order chi connectivity index (χ1) is 5.43. The van der Waals surface area contributed by atoms with Crippen LogP contribution in [-0.2, 0) is 4.79 Å². The van der Waals surface area contributed by atoms with E-state index in [-0.39, 0.29) is 6.54 Å². The molecule has 0 rings (SSSR count). The summed E-state index contributed by atoms with van der Waals surface area (Å²) in [5.74, 6) is -0.684. The van der Waals surface area contributed by atoms with Gasteiger partial charge in [-0.25, -0.2) is 8.78 Å². The van der Waals surface area contributed by atoms with Gasteiger partial charge in [0.2, 0.25) is 5.91 Å². The second-order valence-electron chi connectivity index (χ2n) is 2.62. The number of primary amides is 1. The summed E-state index contributed by atoms with van der Waals surface area (Å²) in [5, 5.41) is 0. The lowest BCUT2D eigenvalue weighted by atomic mass is 10.3. The second-order valence-corrected chi connectivity index (χ2v) is 2.62. The van der Waals surface area contributed by atoms with Crippen molar-refractivity contribution in [1.82, 2.24) is 4.90 Å². The average Bonchev–Trinajstić information content (AvgIpc) is 1.84. The van der Waals surface area contributed by atoms with E-state index in [0.29, 0.717) is 0 Å². The Hall–Kier alpha value is -0.750. The van der Waals surface area contributed by atoms with Gasteiger partial charge in [0.1, 0.15) is 0 Å². The van der Waals surface area contributed by atoms with E-state index in [9.17, 15) is 13.6 Å². The van der Waals surface area contributed by atoms with Gasteiger partial charge in [0, 0.05) is 6.54 Å². The predicted molar refractivity (Wildman–Crippen MR) is 40.7 cm³/mol. The van der Waals surface area contributed by atoms with Crippen LogP contribution in [0.3, 0.4) is 0 Å². The van der Waals surface area contributed by atoms with Crippen molar-refractivity contribution in [2.75, 3.05) is 20.1 Å². The van der Waals surface area contributed by atoms with E-state index >= 15 is 0 Å². The molecule has 0 bridgehead atoms. The van der Waals surface area contributed by atoms with Crippen LogP contribution in [0.5, 0.6) is 0 Å². The Morgan fingerprint density at radius 2 is 2.00 bits per heavy atom. The Labute approximate surface area is 69.5 Å². The number of nitrogens with two attached hydrogens (primary N) is 2. The summed E-state index contributed by atoms with van der Waals surface area (Å²) in [5.41, 5.74) is 10.1. The number of hydrogen-bond acceptors (Lipinski definition) is 3. The fraction of sp³-hybridized carbons (Fsp3) is 0.833. The zero-order chi connectivity index (χ0) is 9.72. The molecule has 0 aromatic rings. The number of alkyl halides is 2.